The molecule has 23 heavy (non-hydrogen) atoms. The van der Waals surface area contributed by atoms with Crippen LogP contribution in [0, 0.1) is 0 Å². The Balaban J connectivity index is -0.000000361. The first-order chi connectivity index (χ1) is 8.85. The molecule has 2 aromatic rings. The van der Waals surface area contributed by atoms with Crippen molar-refractivity contribution in [3.63, 3.8) is 0 Å². The molecule has 0 radical (unpaired) electrons. The molecule has 6 heteroatoms. The van der Waals surface area contributed by atoms with Gasteiger partial charge in [-0.25, -0.2) is 0 Å². The molecule has 2 aromatic carbocycles. The minimum absolute atomic E-state index is 0. The Labute approximate surface area is 137 Å². The maximum Gasteiger partial charge on any atom is 3.00 e. The molecule has 1 nitrogen and oxygen atoms in total. The maximum atomic E-state index is 3.56. The predicted molar refractivity (Wildman–Crippen MR) is 87.2 cm³/mol. The van der Waals surface area contributed by atoms with Crippen molar-refractivity contribution in [2.45, 2.75) is 33.2 Å². The smallest absolute Gasteiger partial charge is 1.00 e. The van der Waals surface area contributed by atoms with Crippen LogP contribution in [0.25, 0.3) is 0 Å². The Morgan fingerprint density at radius 2 is 1.39 bits per heavy atom. The van der Waals surface area contributed by atoms with E-state index in [0.29, 0.717) is 0 Å². The van der Waals surface area contributed by atoms with Gasteiger partial charge in [-0.3, -0.25) is 4.70 Å². The maximum absolute atomic E-state index is 3.56. The second-order valence-corrected chi connectivity index (χ2v) is 4.49. The fourth-order valence-electron chi connectivity index (χ4n) is 2.34. The number of hydrogen-bond acceptors (Lipinski definition) is 1. The van der Waals surface area contributed by atoms with E-state index < -0.39 is 0 Å². The van der Waals surface area contributed by atoms with Gasteiger partial charge >= 0.3 is 8.41 Å². The van der Waals surface area contributed by atoms with Crippen molar-refractivity contribution in [3.05, 3.63) is 65.2 Å². The van der Waals surface area contributed by atoms with E-state index in [1.165, 1.54) is 22.4 Å². The second kappa shape index (κ2) is 14.9. The number of nitrogens with one attached hydrogen (secondary N) is 1. The first-order valence-corrected chi connectivity index (χ1v) is 6.73. The van der Waals surface area contributed by atoms with Gasteiger partial charge in [-0.15, -0.1) is 0 Å². The summed E-state index contributed by atoms with van der Waals surface area (Å²) in [7, 11) is 0. The minimum atomic E-state index is 0. The number of benzene rings is 2. The van der Waals surface area contributed by atoms with E-state index in [2.05, 4.69) is 67.7 Å². The third kappa shape index (κ3) is 7.72. The van der Waals surface area contributed by atoms with E-state index >= 15 is 0 Å². The third-order valence-corrected chi connectivity index (χ3v) is 3.33. The fraction of sp³-hybridized carbons (Fsp3) is 0.294. The van der Waals surface area contributed by atoms with Crippen LogP contribution in [0.15, 0.2) is 48.5 Å². The Morgan fingerprint density at radius 1 is 0.783 bits per heavy atom. The van der Waals surface area contributed by atoms with Crippen LogP contribution in [0.2, 0.25) is 0 Å². The summed E-state index contributed by atoms with van der Waals surface area (Å²) in [5, 5.41) is 3.56. The molecule has 0 saturated heterocycles. The summed E-state index contributed by atoms with van der Waals surface area (Å²) in [5.41, 5.74) is 5.51. The zero-order chi connectivity index (χ0) is 12.8. The average molecular weight is 327 g/mol. The zero-order valence-corrected chi connectivity index (χ0v) is 13.4. The molecule has 0 aliphatic rings. The van der Waals surface area contributed by atoms with Crippen LogP contribution in [0.3, 0.4) is 0 Å². The van der Waals surface area contributed by atoms with Gasteiger partial charge in [0.2, 0.25) is 0 Å². The molecular formula is C17H22BF4N. The molecule has 1 N–H and O–H groups in total. The Bertz CT molecular complexity index is 509. The van der Waals surface area contributed by atoms with Crippen molar-refractivity contribution in [3.8, 4) is 0 Å². The van der Waals surface area contributed by atoms with Crippen molar-refractivity contribution in [2.24, 2.45) is 0 Å². The van der Waals surface area contributed by atoms with Gasteiger partial charge in [-0.1, -0.05) is 56.3 Å². The fourth-order valence-corrected chi connectivity index (χ4v) is 2.34. The molecule has 0 spiro atoms. The normalized spacial score (nSPS) is 8.09. The van der Waals surface area contributed by atoms with E-state index in [9.17, 15) is 0 Å². The Hall–Kier alpha value is -1.98. The van der Waals surface area contributed by atoms with Gasteiger partial charge in [0.15, 0.2) is 0 Å². The number of rotatable bonds is 5. The summed E-state index contributed by atoms with van der Waals surface area (Å²) in [5.74, 6) is 0. The molecule has 126 valence electrons. The summed E-state index contributed by atoms with van der Waals surface area (Å²) in [6.45, 7) is 5.33. The van der Waals surface area contributed by atoms with Crippen molar-refractivity contribution in [1.82, 2.24) is 0 Å². The van der Waals surface area contributed by atoms with Gasteiger partial charge < -0.3 is 19.4 Å². The molecule has 0 unspecified atom stereocenters. The first kappa shape index (κ1) is 29.1. The van der Waals surface area contributed by atoms with E-state index in [4.69, 9.17) is 0 Å². The quantitative estimate of drug-likeness (QED) is 0.430. The minimum Gasteiger partial charge on any atom is -1.00 e. The molecule has 0 aliphatic carbocycles. The molecule has 0 bridgehead atoms. The molecule has 0 aromatic heterocycles. The van der Waals surface area contributed by atoms with Crippen LogP contribution in [0.4, 0.5) is 10.4 Å². The molecule has 2 rings (SSSR count). The number of hydrogen-bond donors (Lipinski definition) is 1. The molecule has 0 saturated carbocycles. The molecule has 0 aliphatic heterocycles. The predicted octanol–water partition coefficient (Wildman–Crippen LogP) is -4.79. The molecule has 0 heterocycles. The number of anilines is 1. The summed E-state index contributed by atoms with van der Waals surface area (Å²) < 4.78 is 0. The van der Waals surface area contributed by atoms with Crippen LogP contribution < -0.4 is 19.4 Å². The van der Waals surface area contributed by atoms with Crippen LogP contribution in [0.1, 0.15) is 30.5 Å². The molecule has 0 atom stereocenters. The topological polar surface area (TPSA) is 12.0 Å². The van der Waals surface area contributed by atoms with E-state index in [1.54, 1.807) is 0 Å². The standard InChI is InChI=1S/C17H21N.B.4FH/c1-3-15-11-8-12-17(16(15)4-2)18-13-14-9-6-5-7-10-14;;;;;/h5-12,18H,3-4,13H2,1-2H3;;4*1H/q;+3;;;;/p-3. The Morgan fingerprint density at radius 3 is 1.91 bits per heavy atom. The monoisotopic (exact) mass is 327 g/mol. The number of halogens is 4. The van der Waals surface area contributed by atoms with Crippen molar-refractivity contribution >= 4 is 14.1 Å². The summed E-state index contributed by atoms with van der Waals surface area (Å²) in [6.07, 6.45) is 2.19. The van der Waals surface area contributed by atoms with Crippen LogP contribution in [0.5, 0.6) is 0 Å². The van der Waals surface area contributed by atoms with Crippen LogP contribution >= 0.6 is 0 Å². The third-order valence-electron chi connectivity index (χ3n) is 3.33. The number of aryl methyl sites for hydroxylation is 1. The zero-order valence-electron chi connectivity index (χ0n) is 13.4. The van der Waals surface area contributed by atoms with Gasteiger partial charge in [0.25, 0.3) is 0 Å². The first-order valence-electron chi connectivity index (χ1n) is 6.73. The van der Waals surface area contributed by atoms with Gasteiger partial charge in [0.1, 0.15) is 0 Å². The van der Waals surface area contributed by atoms with Crippen LogP contribution in [-0.2, 0) is 19.4 Å². The largest absolute Gasteiger partial charge is 3.00 e. The average Bonchev–Trinajstić information content (AvgIpc) is 2.45. The molecule has 0 fully saturated rings. The van der Waals surface area contributed by atoms with E-state index in [0.717, 1.165) is 19.4 Å². The summed E-state index contributed by atoms with van der Waals surface area (Å²) in [6, 6.07) is 17.1. The summed E-state index contributed by atoms with van der Waals surface area (Å²) >= 11 is 0. The van der Waals surface area contributed by atoms with Gasteiger partial charge in [0, 0.05) is 12.2 Å². The second-order valence-electron chi connectivity index (χ2n) is 4.49. The Kier molecular flexibility index (Phi) is 18.9. The van der Waals surface area contributed by atoms with Gasteiger partial charge in [-0.05, 0) is 35.6 Å². The molecule has 0 amide bonds. The van der Waals surface area contributed by atoms with Gasteiger partial charge in [0.05, 0.1) is 0 Å². The van der Waals surface area contributed by atoms with Gasteiger partial charge in [-0.2, -0.15) is 0 Å². The van der Waals surface area contributed by atoms with Crippen molar-refractivity contribution in [1.29, 1.82) is 0 Å². The summed E-state index contributed by atoms with van der Waals surface area (Å²) in [4.78, 5) is 0. The van der Waals surface area contributed by atoms with Crippen molar-refractivity contribution < 1.29 is 18.8 Å². The van der Waals surface area contributed by atoms with Crippen molar-refractivity contribution in [2.75, 3.05) is 5.32 Å². The molecular weight excluding hydrogens is 305 g/mol. The van der Waals surface area contributed by atoms with Crippen LogP contribution in [-0.4, -0.2) is 8.41 Å². The SMILES string of the molecule is CCc1cccc(NCc2ccccc2)c1CC.F.[B+3].[F-].[F-].[F-]. The van der Waals surface area contributed by atoms with E-state index in [1.807, 2.05) is 0 Å². The van der Waals surface area contributed by atoms with E-state index in [-0.39, 0.29) is 27.2 Å².